The van der Waals surface area contributed by atoms with Gasteiger partial charge in [-0.2, -0.15) is 0 Å². The number of ether oxygens (including phenoxy) is 2. The molecule has 3 amide bonds. The van der Waals surface area contributed by atoms with Crippen molar-refractivity contribution in [2.24, 2.45) is 5.92 Å². The van der Waals surface area contributed by atoms with Crippen molar-refractivity contribution in [2.45, 2.75) is 33.7 Å². The smallest absolute Gasteiger partial charge is 0.269 e. The van der Waals surface area contributed by atoms with Crippen LogP contribution in [0, 0.1) is 12.8 Å². The van der Waals surface area contributed by atoms with Gasteiger partial charge in [0.2, 0.25) is 0 Å². The molecule has 0 aromatic heterocycles. The third-order valence-electron chi connectivity index (χ3n) is 4.65. The summed E-state index contributed by atoms with van der Waals surface area (Å²) >= 11 is 0. The van der Waals surface area contributed by atoms with Gasteiger partial charge in [-0.3, -0.25) is 25.2 Å². The van der Waals surface area contributed by atoms with E-state index in [0.29, 0.717) is 23.7 Å². The van der Waals surface area contributed by atoms with Gasteiger partial charge in [0.25, 0.3) is 17.7 Å². The lowest BCUT2D eigenvalue weighted by molar-refractivity contribution is -0.124. The van der Waals surface area contributed by atoms with E-state index in [9.17, 15) is 14.4 Å². The number of carbonyl (C=O) groups excluding carboxylic acids is 3. The molecule has 166 valence electrons. The van der Waals surface area contributed by atoms with Crippen LogP contribution in [-0.2, 0) is 4.79 Å². The predicted molar refractivity (Wildman–Crippen MR) is 117 cm³/mol. The second kappa shape index (κ2) is 11.0. The molecule has 1 unspecified atom stereocenters. The monoisotopic (exact) mass is 427 g/mol. The Morgan fingerprint density at radius 2 is 1.68 bits per heavy atom. The van der Waals surface area contributed by atoms with E-state index in [1.807, 2.05) is 39.8 Å². The number of nitrogens with one attached hydrogen (secondary N) is 3. The second-order valence-corrected chi connectivity index (χ2v) is 7.25. The minimum Gasteiger partial charge on any atom is -0.493 e. The van der Waals surface area contributed by atoms with Crippen LogP contribution < -0.4 is 25.6 Å². The van der Waals surface area contributed by atoms with Crippen LogP contribution in [0.15, 0.2) is 42.5 Å². The number of amides is 3. The van der Waals surface area contributed by atoms with E-state index in [2.05, 4.69) is 16.2 Å². The molecule has 0 saturated heterocycles. The first-order valence-corrected chi connectivity index (χ1v) is 10.1. The highest BCUT2D eigenvalue weighted by Crippen LogP contribution is 2.27. The Hall–Kier alpha value is -3.55. The lowest BCUT2D eigenvalue weighted by Crippen LogP contribution is -2.54. The van der Waals surface area contributed by atoms with Crippen LogP contribution in [0.1, 0.15) is 47.1 Å². The quantitative estimate of drug-likeness (QED) is 0.562. The molecule has 8 heteroatoms. The SMILES string of the molecule is CCOc1ccc(C(=O)NNC(=O)C(NC(=O)c2ccccc2C)C(C)C)cc1OC. The van der Waals surface area contributed by atoms with E-state index in [1.165, 1.54) is 13.2 Å². The van der Waals surface area contributed by atoms with E-state index in [0.717, 1.165) is 5.56 Å². The largest absolute Gasteiger partial charge is 0.493 e. The molecule has 2 aromatic carbocycles. The second-order valence-electron chi connectivity index (χ2n) is 7.25. The minimum absolute atomic E-state index is 0.199. The zero-order valence-electron chi connectivity index (χ0n) is 18.4. The molecule has 0 bridgehead atoms. The van der Waals surface area contributed by atoms with Gasteiger partial charge in [-0.1, -0.05) is 32.0 Å². The van der Waals surface area contributed by atoms with Crippen molar-refractivity contribution in [3.63, 3.8) is 0 Å². The van der Waals surface area contributed by atoms with E-state index in [4.69, 9.17) is 9.47 Å². The third-order valence-corrected chi connectivity index (χ3v) is 4.65. The molecule has 0 heterocycles. The molecule has 0 aliphatic heterocycles. The lowest BCUT2D eigenvalue weighted by Gasteiger charge is -2.22. The van der Waals surface area contributed by atoms with Gasteiger partial charge in [0, 0.05) is 11.1 Å². The van der Waals surface area contributed by atoms with Crippen molar-refractivity contribution in [3.05, 3.63) is 59.2 Å². The summed E-state index contributed by atoms with van der Waals surface area (Å²) in [6, 6.07) is 11.0. The van der Waals surface area contributed by atoms with Gasteiger partial charge in [0.1, 0.15) is 6.04 Å². The van der Waals surface area contributed by atoms with E-state index in [-0.39, 0.29) is 17.4 Å². The molecule has 0 aliphatic rings. The summed E-state index contributed by atoms with van der Waals surface area (Å²) < 4.78 is 10.7. The van der Waals surface area contributed by atoms with Crippen molar-refractivity contribution in [2.75, 3.05) is 13.7 Å². The molecular weight excluding hydrogens is 398 g/mol. The predicted octanol–water partition coefficient (Wildman–Crippen LogP) is 2.62. The van der Waals surface area contributed by atoms with Crippen LogP contribution >= 0.6 is 0 Å². The van der Waals surface area contributed by atoms with E-state index >= 15 is 0 Å². The van der Waals surface area contributed by atoms with Crippen molar-refractivity contribution in [1.29, 1.82) is 0 Å². The summed E-state index contributed by atoms with van der Waals surface area (Å²) in [6.07, 6.45) is 0. The first-order chi connectivity index (χ1) is 14.8. The summed E-state index contributed by atoms with van der Waals surface area (Å²) in [5.74, 6) is -0.675. The number of benzene rings is 2. The highest BCUT2D eigenvalue weighted by molar-refractivity contribution is 6.00. The molecule has 2 rings (SSSR count). The molecular formula is C23H29N3O5. The molecule has 0 radical (unpaired) electrons. The number of aryl methyl sites for hydroxylation is 1. The lowest BCUT2D eigenvalue weighted by atomic mass is 10.0. The number of hydrogen-bond acceptors (Lipinski definition) is 5. The van der Waals surface area contributed by atoms with Gasteiger partial charge < -0.3 is 14.8 Å². The first kappa shape index (κ1) is 23.7. The Morgan fingerprint density at radius 3 is 2.29 bits per heavy atom. The van der Waals surface area contributed by atoms with Gasteiger partial charge in [-0.05, 0) is 49.6 Å². The summed E-state index contributed by atoms with van der Waals surface area (Å²) in [5, 5.41) is 2.74. The van der Waals surface area contributed by atoms with Gasteiger partial charge in [-0.15, -0.1) is 0 Å². The van der Waals surface area contributed by atoms with Gasteiger partial charge in [0.15, 0.2) is 11.5 Å². The van der Waals surface area contributed by atoms with Gasteiger partial charge >= 0.3 is 0 Å². The molecule has 8 nitrogen and oxygen atoms in total. The first-order valence-electron chi connectivity index (χ1n) is 10.1. The number of hydrogen-bond donors (Lipinski definition) is 3. The Morgan fingerprint density at radius 1 is 0.968 bits per heavy atom. The maximum Gasteiger partial charge on any atom is 0.269 e. The Kier molecular flexibility index (Phi) is 8.43. The fourth-order valence-electron chi connectivity index (χ4n) is 2.93. The van der Waals surface area contributed by atoms with Crippen LogP contribution in [0.25, 0.3) is 0 Å². The zero-order valence-corrected chi connectivity index (χ0v) is 18.4. The molecule has 0 saturated carbocycles. The zero-order chi connectivity index (χ0) is 23.0. The van der Waals surface area contributed by atoms with Crippen molar-refractivity contribution >= 4 is 17.7 Å². The van der Waals surface area contributed by atoms with Crippen LogP contribution in [0.3, 0.4) is 0 Å². The number of rotatable bonds is 8. The molecule has 0 spiro atoms. The molecule has 1 atom stereocenters. The van der Waals surface area contributed by atoms with Gasteiger partial charge in [0.05, 0.1) is 13.7 Å². The van der Waals surface area contributed by atoms with Crippen molar-refractivity contribution < 1.29 is 23.9 Å². The fourth-order valence-corrected chi connectivity index (χ4v) is 2.93. The fraction of sp³-hybridized carbons (Fsp3) is 0.348. The average Bonchev–Trinajstić information content (AvgIpc) is 2.75. The normalized spacial score (nSPS) is 11.4. The standard InChI is InChI=1S/C23H29N3O5/c1-6-31-18-12-11-16(13-19(18)30-5)21(27)25-26-23(29)20(14(2)3)24-22(28)17-10-8-7-9-15(17)4/h7-14,20H,6H2,1-5H3,(H,24,28)(H,25,27)(H,26,29). The molecule has 3 N–H and O–H groups in total. The van der Waals surface area contributed by atoms with Crippen LogP contribution in [-0.4, -0.2) is 37.5 Å². The summed E-state index contributed by atoms with van der Waals surface area (Å²) in [7, 11) is 1.48. The maximum atomic E-state index is 12.6. The van der Waals surface area contributed by atoms with Crippen LogP contribution in [0.2, 0.25) is 0 Å². The summed E-state index contributed by atoms with van der Waals surface area (Å²) in [6.45, 7) is 7.75. The van der Waals surface area contributed by atoms with Crippen LogP contribution in [0.5, 0.6) is 11.5 Å². The molecule has 0 aliphatic carbocycles. The van der Waals surface area contributed by atoms with E-state index < -0.39 is 17.9 Å². The summed E-state index contributed by atoms with van der Waals surface area (Å²) in [4.78, 5) is 37.7. The number of carbonyl (C=O) groups is 3. The highest BCUT2D eigenvalue weighted by atomic mass is 16.5. The summed E-state index contributed by atoms with van der Waals surface area (Å²) in [5.41, 5.74) is 6.34. The van der Waals surface area contributed by atoms with Crippen LogP contribution in [0.4, 0.5) is 0 Å². The minimum atomic E-state index is -0.831. The number of hydrazine groups is 1. The Labute approximate surface area is 182 Å². The Bertz CT molecular complexity index is 943. The molecule has 0 fully saturated rings. The Balaban J connectivity index is 2.04. The van der Waals surface area contributed by atoms with E-state index in [1.54, 1.807) is 24.3 Å². The van der Waals surface area contributed by atoms with Crippen molar-refractivity contribution in [1.82, 2.24) is 16.2 Å². The topological polar surface area (TPSA) is 106 Å². The van der Waals surface area contributed by atoms with Crippen molar-refractivity contribution in [3.8, 4) is 11.5 Å². The maximum absolute atomic E-state index is 12.6. The van der Waals surface area contributed by atoms with Gasteiger partial charge in [-0.25, -0.2) is 0 Å². The average molecular weight is 428 g/mol. The number of methoxy groups -OCH3 is 1. The molecule has 31 heavy (non-hydrogen) atoms. The molecule has 2 aromatic rings. The third kappa shape index (κ3) is 6.21. The highest BCUT2D eigenvalue weighted by Gasteiger charge is 2.25.